The maximum Gasteiger partial charge on any atom is 0.0806 e. The summed E-state index contributed by atoms with van der Waals surface area (Å²) < 4.78 is 0. The highest BCUT2D eigenvalue weighted by molar-refractivity contribution is 7.78. The van der Waals surface area contributed by atoms with Crippen LogP contribution in [0.25, 0.3) is 0 Å². The minimum Gasteiger partial charge on any atom is -0.194 e. The Morgan fingerprint density at radius 3 is 2.40 bits per heavy atom. The van der Waals surface area contributed by atoms with E-state index in [4.69, 9.17) is 12.2 Å². The van der Waals surface area contributed by atoms with E-state index in [1.165, 1.54) is 22.3 Å². The van der Waals surface area contributed by atoms with Crippen molar-refractivity contribution in [2.24, 2.45) is 4.99 Å². The van der Waals surface area contributed by atoms with Gasteiger partial charge < -0.3 is 0 Å². The molecule has 0 spiro atoms. The molecule has 0 N–H and O–H groups in total. The molecule has 0 fully saturated rings. The van der Waals surface area contributed by atoms with Crippen LogP contribution < -0.4 is 0 Å². The Labute approximate surface area is 97.2 Å². The van der Waals surface area contributed by atoms with Crippen molar-refractivity contribution in [3.05, 3.63) is 28.3 Å². The Balaban J connectivity index is 3.55. The average Bonchev–Trinajstić information content (AvgIpc) is 2.24. The van der Waals surface area contributed by atoms with Gasteiger partial charge in [0.15, 0.2) is 0 Å². The SMILES string of the molecule is CCc1cc(C)c(C)c(CC)c1N=C=S. The summed E-state index contributed by atoms with van der Waals surface area (Å²) in [4.78, 5) is 4.22. The van der Waals surface area contributed by atoms with E-state index in [9.17, 15) is 0 Å². The third-order valence-corrected chi connectivity index (χ3v) is 3.01. The fourth-order valence-corrected chi connectivity index (χ4v) is 2.03. The highest BCUT2D eigenvalue weighted by atomic mass is 32.1. The van der Waals surface area contributed by atoms with E-state index >= 15 is 0 Å². The van der Waals surface area contributed by atoms with Crippen LogP contribution in [0.2, 0.25) is 0 Å². The molecule has 1 rings (SSSR count). The fraction of sp³-hybridized carbons (Fsp3) is 0.462. The number of nitrogens with zero attached hydrogens (tertiary/aromatic N) is 1. The van der Waals surface area contributed by atoms with Gasteiger partial charge in [0, 0.05) is 0 Å². The molecule has 1 nitrogen and oxygen atoms in total. The van der Waals surface area contributed by atoms with Gasteiger partial charge >= 0.3 is 0 Å². The van der Waals surface area contributed by atoms with E-state index in [1.807, 2.05) is 0 Å². The summed E-state index contributed by atoms with van der Waals surface area (Å²) in [5.41, 5.74) is 6.29. The van der Waals surface area contributed by atoms with Crippen LogP contribution in [0.3, 0.4) is 0 Å². The molecule has 0 bridgehead atoms. The van der Waals surface area contributed by atoms with E-state index in [0.29, 0.717) is 0 Å². The van der Waals surface area contributed by atoms with E-state index in [1.54, 1.807) is 0 Å². The number of benzene rings is 1. The first-order chi connectivity index (χ1) is 7.15. The fourth-order valence-electron chi connectivity index (χ4n) is 1.93. The van der Waals surface area contributed by atoms with Crippen molar-refractivity contribution in [2.45, 2.75) is 40.5 Å². The summed E-state index contributed by atoms with van der Waals surface area (Å²) in [7, 11) is 0. The summed E-state index contributed by atoms with van der Waals surface area (Å²) in [5.74, 6) is 0. The van der Waals surface area contributed by atoms with Gasteiger partial charge in [0.2, 0.25) is 0 Å². The van der Waals surface area contributed by atoms with Gasteiger partial charge in [-0.2, -0.15) is 4.99 Å². The Hall–Kier alpha value is -0.980. The van der Waals surface area contributed by atoms with Gasteiger partial charge in [-0.05, 0) is 61.2 Å². The molecule has 0 radical (unpaired) electrons. The molecule has 0 aromatic heterocycles. The minimum atomic E-state index is 0.990. The summed E-state index contributed by atoms with van der Waals surface area (Å²) in [6.45, 7) is 8.60. The molecular weight excluding hydrogens is 202 g/mol. The Bertz CT molecular complexity index is 415. The molecule has 0 atom stereocenters. The van der Waals surface area contributed by atoms with Crippen molar-refractivity contribution in [3.63, 3.8) is 0 Å². The predicted molar refractivity (Wildman–Crippen MR) is 69.4 cm³/mol. The third-order valence-electron chi connectivity index (χ3n) is 2.92. The van der Waals surface area contributed by atoms with Crippen molar-refractivity contribution >= 4 is 23.1 Å². The first-order valence-corrected chi connectivity index (χ1v) is 5.76. The number of hydrogen-bond acceptors (Lipinski definition) is 2. The Morgan fingerprint density at radius 2 is 1.93 bits per heavy atom. The first-order valence-electron chi connectivity index (χ1n) is 5.35. The molecule has 2 heteroatoms. The minimum absolute atomic E-state index is 0.990. The van der Waals surface area contributed by atoms with E-state index in [0.717, 1.165) is 18.5 Å². The lowest BCUT2D eigenvalue weighted by atomic mass is 9.94. The molecule has 0 amide bonds. The third kappa shape index (κ3) is 2.34. The second-order valence-corrected chi connectivity index (χ2v) is 3.90. The van der Waals surface area contributed by atoms with Crippen molar-refractivity contribution in [2.75, 3.05) is 0 Å². The molecule has 15 heavy (non-hydrogen) atoms. The van der Waals surface area contributed by atoms with Crippen LogP contribution in [0.5, 0.6) is 0 Å². The molecule has 0 aliphatic rings. The molecule has 0 heterocycles. The lowest BCUT2D eigenvalue weighted by Crippen LogP contribution is -1.96. The standard InChI is InChI=1S/C13H17NS/c1-5-11-7-9(3)10(4)12(6-2)13(11)14-8-15/h7H,5-6H2,1-4H3. The smallest absolute Gasteiger partial charge is 0.0806 e. The predicted octanol–water partition coefficient (Wildman–Crippen LogP) is 4.16. The van der Waals surface area contributed by atoms with E-state index < -0.39 is 0 Å². The second-order valence-electron chi connectivity index (χ2n) is 3.71. The van der Waals surface area contributed by atoms with Gasteiger partial charge in [-0.15, -0.1) is 0 Å². The van der Waals surface area contributed by atoms with E-state index in [-0.39, 0.29) is 0 Å². The maximum atomic E-state index is 4.71. The van der Waals surface area contributed by atoms with Gasteiger partial charge in [-0.25, -0.2) is 0 Å². The normalized spacial score (nSPS) is 9.87. The van der Waals surface area contributed by atoms with E-state index in [2.05, 4.69) is 43.9 Å². The molecule has 0 unspecified atom stereocenters. The monoisotopic (exact) mass is 219 g/mol. The van der Waals surface area contributed by atoms with Crippen LogP contribution in [0, 0.1) is 13.8 Å². The molecule has 0 saturated heterocycles. The molecule has 0 aliphatic carbocycles. The molecule has 1 aromatic rings. The van der Waals surface area contributed by atoms with Crippen molar-refractivity contribution in [1.82, 2.24) is 0 Å². The van der Waals surface area contributed by atoms with Crippen LogP contribution in [0.15, 0.2) is 11.1 Å². The van der Waals surface area contributed by atoms with Crippen LogP contribution in [0.4, 0.5) is 5.69 Å². The Kier molecular flexibility index (Phi) is 4.19. The zero-order valence-electron chi connectivity index (χ0n) is 9.85. The molecule has 1 aromatic carbocycles. The number of rotatable bonds is 3. The number of thiocarbonyl (C=S) groups is 1. The topological polar surface area (TPSA) is 12.4 Å². The highest BCUT2D eigenvalue weighted by Gasteiger charge is 2.10. The molecule has 0 aliphatic heterocycles. The quantitative estimate of drug-likeness (QED) is 0.549. The highest BCUT2D eigenvalue weighted by Crippen LogP contribution is 2.30. The van der Waals surface area contributed by atoms with Gasteiger partial charge in [0.1, 0.15) is 0 Å². The summed E-state index contributed by atoms with van der Waals surface area (Å²) in [6, 6.07) is 2.21. The first kappa shape index (κ1) is 12.1. The molecule has 80 valence electrons. The largest absolute Gasteiger partial charge is 0.194 e. The van der Waals surface area contributed by atoms with Crippen molar-refractivity contribution < 1.29 is 0 Å². The number of aliphatic imine (C=N–C) groups is 1. The van der Waals surface area contributed by atoms with Crippen LogP contribution in [-0.2, 0) is 12.8 Å². The van der Waals surface area contributed by atoms with Gasteiger partial charge in [0.05, 0.1) is 10.8 Å². The molecular formula is C13H17NS. The number of isothiocyanates is 1. The number of hydrogen-bond donors (Lipinski definition) is 0. The summed E-state index contributed by atoms with van der Waals surface area (Å²) in [6.07, 6.45) is 1.99. The maximum absolute atomic E-state index is 4.71. The van der Waals surface area contributed by atoms with Gasteiger partial charge in [0.25, 0.3) is 0 Å². The number of aryl methyl sites for hydroxylation is 2. The molecule has 0 saturated carbocycles. The Morgan fingerprint density at radius 1 is 1.27 bits per heavy atom. The summed E-state index contributed by atoms with van der Waals surface area (Å²) in [5, 5.41) is 2.49. The second kappa shape index (κ2) is 5.20. The van der Waals surface area contributed by atoms with Gasteiger partial charge in [-0.1, -0.05) is 19.9 Å². The van der Waals surface area contributed by atoms with Crippen molar-refractivity contribution in [1.29, 1.82) is 0 Å². The van der Waals surface area contributed by atoms with Crippen LogP contribution in [0.1, 0.15) is 36.1 Å². The zero-order valence-corrected chi connectivity index (χ0v) is 10.7. The lowest BCUT2D eigenvalue weighted by Gasteiger charge is -2.13. The van der Waals surface area contributed by atoms with Crippen LogP contribution in [-0.4, -0.2) is 5.16 Å². The lowest BCUT2D eigenvalue weighted by molar-refractivity contribution is 1.05. The zero-order chi connectivity index (χ0) is 11.4. The van der Waals surface area contributed by atoms with Crippen LogP contribution >= 0.6 is 12.2 Å². The van der Waals surface area contributed by atoms with Crippen molar-refractivity contribution in [3.8, 4) is 0 Å². The summed E-state index contributed by atoms with van der Waals surface area (Å²) >= 11 is 4.71. The van der Waals surface area contributed by atoms with Gasteiger partial charge in [-0.3, -0.25) is 0 Å². The average molecular weight is 219 g/mol.